The Labute approximate surface area is 226 Å². The highest BCUT2D eigenvalue weighted by Crippen LogP contribution is 2.71. The smallest absolute Gasteiger partial charge is 0.330 e. The highest BCUT2D eigenvalue weighted by Gasteiger charge is 2.62. The van der Waals surface area contributed by atoms with E-state index >= 15 is 0 Å². The van der Waals surface area contributed by atoms with Gasteiger partial charge in [0.2, 0.25) is 0 Å². The molecular formula is C29H62F4N4. The molecule has 0 amide bonds. The van der Waals surface area contributed by atoms with Gasteiger partial charge in [0.25, 0.3) is 0 Å². The van der Waals surface area contributed by atoms with Crippen molar-refractivity contribution >= 4 is 0 Å². The Morgan fingerprint density at radius 3 is 1.73 bits per heavy atom. The van der Waals surface area contributed by atoms with Gasteiger partial charge in [-0.05, 0) is 94.4 Å². The number of nitrogens with two attached hydrogens (primary N) is 3. The first-order valence-electron chi connectivity index (χ1n) is 15.1. The minimum atomic E-state index is -3.93. The van der Waals surface area contributed by atoms with E-state index in [4.69, 9.17) is 17.2 Å². The van der Waals surface area contributed by atoms with E-state index in [0.717, 1.165) is 55.4 Å². The first-order chi connectivity index (χ1) is 17.5. The molecule has 37 heavy (non-hydrogen) atoms. The summed E-state index contributed by atoms with van der Waals surface area (Å²) in [4.78, 5) is 0. The maximum atomic E-state index is 11.9. The van der Waals surface area contributed by atoms with Crippen molar-refractivity contribution in [2.75, 3.05) is 6.54 Å². The molecule has 0 spiro atoms. The lowest BCUT2D eigenvalue weighted by Gasteiger charge is -2.33. The molecule has 0 heterocycles. The Morgan fingerprint density at radius 1 is 0.892 bits per heavy atom. The van der Waals surface area contributed by atoms with E-state index in [9.17, 15) is 17.7 Å². The van der Waals surface area contributed by atoms with Crippen molar-refractivity contribution in [3.8, 4) is 0 Å². The second-order valence-corrected chi connectivity index (χ2v) is 10.9. The second-order valence-electron chi connectivity index (χ2n) is 10.9. The molecule has 8 heteroatoms. The van der Waals surface area contributed by atoms with E-state index in [2.05, 4.69) is 13.8 Å². The lowest BCUT2D eigenvalue weighted by atomic mass is 9.74. The maximum absolute atomic E-state index is 11.9. The molecule has 6 unspecified atom stereocenters. The topological polar surface area (TPSA) is 90.1 Å². The van der Waals surface area contributed by atoms with E-state index < -0.39 is 18.3 Å². The number of hydrogen-bond acceptors (Lipinski definition) is 4. The van der Waals surface area contributed by atoms with Gasteiger partial charge >= 0.3 is 6.18 Å². The highest BCUT2D eigenvalue weighted by molar-refractivity contribution is 5.12. The van der Waals surface area contributed by atoms with Gasteiger partial charge in [-0.2, -0.15) is 13.2 Å². The van der Waals surface area contributed by atoms with Crippen molar-refractivity contribution in [1.82, 2.24) is 5.54 Å². The first kappa shape index (κ1) is 38.7. The van der Waals surface area contributed by atoms with Crippen LogP contribution in [0.4, 0.5) is 17.7 Å². The number of alkyl halides is 3. The molecule has 7 N–H and O–H groups in total. The summed E-state index contributed by atoms with van der Waals surface area (Å²) in [7, 11) is 0. The molecule has 4 rings (SSSR count). The Hall–Kier alpha value is -0.440. The van der Waals surface area contributed by atoms with Crippen LogP contribution in [0, 0.1) is 29.1 Å². The second kappa shape index (κ2) is 21.4. The molecule has 4 fully saturated rings. The average Bonchev–Trinajstić information content (AvgIpc) is 3.49. The van der Waals surface area contributed by atoms with Crippen LogP contribution in [0.3, 0.4) is 0 Å². The van der Waals surface area contributed by atoms with Crippen LogP contribution in [-0.4, -0.2) is 24.9 Å². The largest absolute Gasteiger partial charge is 0.391 e. The zero-order chi connectivity index (χ0) is 29.1. The third kappa shape index (κ3) is 15.7. The fraction of sp³-hybridized carbons (Fsp3) is 1.00. The third-order valence-electron chi connectivity index (χ3n) is 7.75. The summed E-state index contributed by atoms with van der Waals surface area (Å²) >= 11 is 0. The van der Waals surface area contributed by atoms with Crippen LogP contribution in [0.2, 0.25) is 0 Å². The Balaban J connectivity index is 0. The summed E-state index contributed by atoms with van der Waals surface area (Å²) in [5.74, 6) is 2.11. The zero-order valence-corrected chi connectivity index (χ0v) is 25.1. The minimum absolute atomic E-state index is 0.351. The van der Waals surface area contributed by atoms with Gasteiger partial charge in [-0.15, -0.1) is 10.0 Å². The SMILES string of the molecule is CC.CC.CC(N)NF.CC1CC2CC2(C2CCCC(N)C2)C1.CCCN.FC(F)(F)C1CCCCC1. The molecule has 4 saturated carbocycles. The molecule has 4 aliphatic carbocycles. The van der Waals surface area contributed by atoms with Crippen LogP contribution in [0.5, 0.6) is 0 Å². The van der Waals surface area contributed by atoms with Gasteiger partial charge < -0.3 is 17.2 Å². The summed E-state index contributed by atoms with van der Waals surface area (Å²) in [6.07, 6.45) is 9.92. The minimum Gasteiger partial charge on any atom is -0.330 e. The number of nitrogens with one attached hydrogen (secondary N) is 1. The normalized spacial score (nSPS) is 31.0. The molecule has 0 aliphatic heterocycles. The molecule has 4 nitrogen and oxygen atoms in total. The molecule has 6 atom stereocenters. The summed E-state index contributed by atoms with van der Waals surface area (Å²) in [6, 6.07) is 0.528. The van der Waals surface area contributed by atoms with Gasteiger partial charge in [-0.1, -0.05) is 67.2 Å². The molecule has 0 radical (unpaired) electrons. The van der Waals surface area contributed by atoms with Crippen molar-refractivity contribution in [2.24, 2.45) is 46.3 Å². The van der Waals surface area contributed by atoms with Crippen LogP contribution in [0.15, 0.2) is 0 Å². The molecule has 0 aromatic rings. The van der Waals surface area contributed by atoms with Crippen LogP contribution in [0.1, 0.15) is 132 Å². The fourth-order valence-corrected chi connectivity index (χ4v) is 6.03. The predicted octanol–water partition coefficient (Wildman–Crippen LogP) is 8.24. The average molecular weight is 543 g/mol. The summed E-state index contributed by atoms with van der Waals surface area (Å²) in [5.41, 5.74) is 18.0. The monoisotopic (exact) mass is 542 g/mol. The van der Waals surface area contributed by atoms with Crippen molar-refractivity contribution < 1.29 is 17.7 Å². The van der Waals surface area contributed by atoms with E-state index in [1.54, 1.807) is 6.42 Å². The molecule has 0 aromatic heterocycles. The van der Waals surface area contributed by atoms with Gasteiger partial charge in [0.15, 0.2) is 0 Å². The summed E-state index contributed by atoms with van der Waals surface area (Å²) in [6.45, 7) is 14.8. The van der Waals surface area contributed by atoms with Gasteiger partial charge in [0.1, 0.15) is 0 Å². The quantitative estimate of drug-likeness (QED) is 0.164. The summed E-state index contributed by atoms with van der Waals surface area (Å²) < 4.78 is 46.6. The molecular weight excluding hydrogens is 480 g/mol. The highest BCUT2D eigenvalue weighted by atomic mass is 19.4. The van der Waals surface area contributed by atoms with Crippen molar-refractivity contribution in [3.63, 3.8) is 0 Å². The van der Waals surface area contributed by atoms with E-state index in [1.165, 1.54) is 51.0 Å². The molecule has 226 valence electrons. The van der Waals surface area contributed by atoms with Gasteiger partial charge in [-0.3, -0.25) is 0 Å². The van der Waals surface area contributed by atoms with Gasteiger partial charge in [0.05, 0.1) is 12.1 Å². The van der Waals surface area contributed by atoms with Gasteiger partial charge in [-0.25, -0.2) is 0 Å². The van der Waals surface area contributed by atoms with Crippen LogP contribution in [-0.2, 0) is 0 Å². The third-order valence-corrected chi connectivity index (χ3v) is 7.75. The van der Waals surface area contributed by atoms with E-state index in [1.807, 2.05) is 27.7 Å². The molecule has 0 bridgehead atoms. The molecule has 0 saturated heterocycles. The van der Waals surface area contributed by atoms with E-state index in [0.29, 0.717) is 18.9 Å². The lowest BCUT2D eigenvalue weighted by Crippen LogP contribution is -2.32. The Morgan fingerprint density at radius 2 is 1.41 bits per heavy atom. The molecule has 0 aromatic carbocycles. The van der Waals surface area contributed by atoms with Crippen molar-refractivity contribution in [1.29, 1.82) is 0 Å². The maximum Gasteiger partial charge on any atom is 0.391 e. The van der Waals surface area contributed by atoms with Gasteiger partial charge in [0, 0.05) is 6.04 Å². The number of hydrogen-bond donors (Lipinski definition) is 4. The van der Waals surface area contributed by atoms with Crippen LogP contribution >= 0.6 is 0 Å². The van der Waals surface area contributed by atoms with Crippen LogP contribution in [0.25, 0.3) is 0 Å². The summed E-state index contributed by atoms with van der Waals surface area (Å²) in [5, 5.41) is 0. The number of halogens is 4. The Kier molecular flexibility index (Phi) is 22.4. The predicted molar refractivity (Wildman–Crippen MR) is 151 cm³/mol. The van der Waals surface area contributed by atoms with Crippen molar-refractivity contribution in [2.45, 2.75) is 150 Å². The van der Waals surface area contributed by atoms with Crippen LogP contribution < -0.4 is 22.7 Å². The number of rotatable bonds is 3. The lowest BCUT2D eigenvalue weighted by molar-refractivity contribution is -0.181. The standard InChI is InChI=1S/C13H23N.C7H11F3.C3H9N.C2H7FN2.2C2H6/c1-9-5-11-8-13(11,7-9)10-3-2-4-12(14)6-10;8-7(9,10)6-4-2-1-3-5-6;1-2-3-4;1-2(4)5-3;2*1-2/h9-12H,2-8,14H2,1H3;6H,1-5H2;2-4H2,1H3;2,5H,4H2,1H3;2*1-2H3. The zero-order valence-electron chi connectivity index (χ0n) is 25.1. The molecule has 4 aliphatic rings. The number of fused-ring (bicyclic) bond motifs is 1. The van der Waals surface area contributed by atoms with Crippen molar-refractivity contribution in [3.05, 3.63) is 0 Å². The van der Waals surface area contributed by atoms with E-state index in [-0.39, 0.29) is 0 Å². The first-order valence-corrected chi connectivity index (χ1v) is 15.1. The fourth-order valence-electron chi connectivity index (χ4n) is 6.03. The Bertz CT molecular complexity index is 511.